The van der Waals surface area contributed by atoms with E-state index in [1.54, 1.807) is 0 Å². The third kappa shape index (κ3) is 8.09. The number of nitrogens with zero attached hydrogens (tertiary/aromatic N) is 2. The number of benzene rings is 1. The summed E-state index contributed by atoms with van der Waals surface area (Å²) in [6.45, 7) is 20.9. The van der Waals surface area contributed by atoms with Crippen LogP contribution < -0.4 is 5.32 Å². The Morgan fingerprint density at radius 1 is 1.12 bits per heavy atom. The number of amidine groups is 1. The standard InChI is InChI=1S/C30H41N3/c1-8-11-28(26-14-12-25(13-15-26)20-23(4)5)21-29-17-16-27(22-30(31-7)32-29)24(6)33(18-9-2)19-10-3/h8,11-16,21H,1,4,6,9-10,17-20,22H2,2-3,5,7H3,(H,31,32)/b28-11+,29-21+. The first kappa shape index (κ1) is 26.2. The van der Waals surface area contributed by atoms with Crippen molar-refractivity contribution >= 4 is 11.4 Å². The molecule has 0 spiro atoms. The minimum atomic E-state index is 0.771. The van der Waals surface area contributed by atoms with Crippen molar-refractivity contribution in [3.05, 3.63) is 102 Å². The summed E-state index contributed by atoms with van der Waals surface area (Å²) in [5.74, 6) is 0.967. The van der Waals surface area contributed by atoms with E-state index in [0.29, 0.717) is 0 Å². The lowest BCUT2D eigenvalue weighted by Crippen LogP contribution is -2.27. The van der Waals surface area contributed by atoms with Crippen molar-refractivity contribution in [1.29, 1.82) is 0 Å². The number of hydrogen-bond acceptors (Lipinski definition) is 3. The number of aliphatic imine (C=N–C) groups is 1. The molecule has 1 heterocycles. The van der Waals surface area contributed by atoms with Gasteiger partial charge < -0.3 is 10.2 Å². The molecule has 0 aromatic heterocycles. The van der Waals surface area contributed by atoms with Crippen LogP contribution in [0.5, 0.6) is 0 Å². The minimum Gasteiger partial charge on any atom is -0.376 e. The Labute approximate surface area is 201 Å². The summed E-state index contributed by atoms with van der Waals surface area (Å²) in [5.41, 5.74) is 8.11. The van der Waals surface area contributed by atoms with Crippen LogP contribution >= 0.6 is 0 Å². The van der Waals surface area contributed by atoms with E-state index in [9.17, 15) is 0 Å². The summed E-state index contributed by atoms with van der Waals surface area (Å²) in [7, 11) is 1.94. The molecule has 1 N–H and O–H groups in total. The fourth-order valence-corrected chi connectivity index (χ4v) is 4.02. The monoisotopic (exact) mass is 443 g/mol. The van der Waals surface area contributed by atoms with Gasteiger partial charge >= 0.3 is 0 Å². The zero-order chi connectivity index (χ0) is 24.2. The van der Waals surface area contributed by atoms with Crippen molar-refractivity contribution in [3.8, 4) is 0 Å². The summed E-state index contributed by atoms with van der Waals surface area (Å²) >= 11 is 0. The second-order valence-electron chi connectivity index (χ2n) is 8.68. The second kappa shape index (κ2) is 13.5. The van der Waals surface area contributed by atoms with Gasteiger partial charge in [-0.05, 0) is 54.5 Å². The normalized spacial score (nSPS) is 15.4. The number of rotatable bonds is 11. The van der Waals surface area contributed by atoms with E-state index in [1.807, 2.05) is 19.2 Å². The van der Waals surface area contributed by atoms with Crippen molar-refractivity contribution < 1.29 is 0 Å². The van der Waals surface area contributed by atoms with Gasteiger partial charge in [0.2, 0.25) is 0 Å². The summed E-state index contributed by atoms with van der Waals surface area (Å²) in [5, 5.41) is 3.29. The fraction of sp³-hybridized carbons (Fsp3) is 0.367. The molecule has 0 radical (unpaired) electrons. The average Bonchev–Trinajstić information content (AvgIpc) is 3.00. The highest BCUT2D eigenvalue weighted by atomic mass is 15.1. The average molecular weight is 444 g/mol. The Morgan fingerprint density at radius 3 is 2.33 bits per heavy atom. The molecule has 0 fully saturated rings. The van der Waals surface area contributed by atoms with Gasteiger partial charge in [-0.1, -0.05) is 81.7 Å². The van der Waals surface area contributed by atoms with Crippen LogP contribution in [0.25, 0.3) is 5.57 Å². The van der Waals surface area contributed by atoms with Crippen LogP contribution in [-0.4, -0.2) is 30.9 Å². The van der Waals surface area contributed by atoms with Gasteiger partial charge in [-0.3, -0.25) is 0 Å². The van der Waals surface area contributed by atoms with Gasteiger partial charge in [-0.25, -0.2) is 4.99 Å². The van der Waals surface area contributed by atoms with E-state index < -0.39 is 0 Å². The molecular formula is C30H41N3. The molecule has 0 atom stereocenters. The first-order valence-corrected chi connectivity index (χ1v) is 12.1. The van der Waals surface area contributed by atoms with Crippen molar-refractivity contribution in [3.63, 3.8) is 0 Å². The van der Waals surface area contributed by atoms with Crippen LogP contribution in [0.3, 0.4) is 0 Å². The molecule has 0 saturated carbocycles. The highest BCUT2D eigenvalue weighted by molar-refractivity contribution is 5.87. The maximum Gasteiger partial charge on any atom is 0.106 e. The Bertz CT molecular complexity index is 949. The molecule has 0 saturated heterocycles. The van der Waals surface area contributed by atoms with Gasteiger partial charge in [0.15, 0.2) is 0 Å². The van der Waals surface area contributed by atoms with Crippen LogP contribution in [0, 0.1) is 0 Å². The van der Waals surface area contributed by atoms with Crippen molar-refractivity contribution in [2.24, 2.45) is 4.99 Å². The number of allylic oxidation sites excluding steroid dienone is 7. The molecule has 0 amide bonds. The maximum atomic E-state index is 4.95. The lowest BCUT2D eigenvalue weighted by Gasteiger charge is -2.27. The van der Waals surface area contributed by atoms with E-state index in [2.05, 4.69) is 87.1 Å². The molecule has 176 valence electrons. The van der Waals surface area contributed by atoms with Crippen molar-refractivity contribution in [2.75, 3.05) is 20.1 Å². The van der Waals surface area contributed by atoms with Gasteiger partial charge in [0.1, 0.15) is 5.84 Å². The van der Waals surface area contributed by atoms with Gasteiger partial charge in [-0.2, -0.15) is 0 Å². The molecular weight excluding hydrogens is 402 g/mol. The van der Waals surface area contributed by atoms with E-state index in [4.69, 9.17) is 4.99 Å². The summed E-state index contributed by atoms with van der Waals surface area (Å²) in [6, 6.07) is 8.68. The van der Waals surface area contributed by atoms with E-state index in [1.165, 1.54) is 16.7 Å². The zero-order valence-corrected chi connectivity index (χ0v) is 21.1. The van der Waals surface area contributed by atoms with Crippen LogP contribution in [0.4, 0.5) is 0 Å². The number of hydrogen-bond donors (Lipinski definition) is 1. The summed E-state index contributed by atoms with van der Waals surface area (Å²) in [4.78, 5) is 7.36. The van der Waals surface area contributed by atoms with Crippen LogP contribution in [0.15, 0.2) is 95.8 Å². The Morgan fingerprint density at radius 2 is 1.79 bits per heavy atom. The molecule has 2 rings (SSSR count). The first-order chi connectivity index (χ1) is 15.9. The van der Waals surface area contributed by atoms with Crippen molar-refractivity contribution in [1.82, 2.24) is 10.2 Å². The third-order valence-corrected chi connectivity index (χ3v) is 5.63. The van der Waals surface area contributed by atoms with Crippen LogP contribution in [0.1, 0.15) is 57.6 Å². The molecule has 1 aromatic carbocycles. The molecule has 1 aliphatic heterocycles. The molecule has 1 aliphatic rings. The molecule has 3 heteroatoms. The number of nitrogens with one attached hydrogen (secondary N) is 1. The van der Waals surface area contributed by atoms with E-state index in [0.717, 1.165) is 73.6 Å². The molecule has 0 unspecified atom stereocenters. The second-order valence-corrected chi connectivity index (χ2v) is 8.68. The Kier molecular flexibility index (Phi) is 10.7. The highest BCUT2D eigenvalue weighted by Gasteiger charge is 2.16. The largest absolute Gasteiger partial charge is 0.376 e. The van der Waals surface area contributed by atoms with Gasteiger partial charge in [0, 0.05) is 44.4 Å². The van der Waals surface area contributed by atoms with E-state index >= 15 is 0 Å². The lowest BCUT2D eigenvalue weighted by molar-refractivity contribution is 0.351. The van der Waals surface area contributed by atoms with Crippen LogP contribution in [-0.2, 0) is 6.42 Å². The zero-order valence-electron chi connectivity index (χ0n) is 21.1. The molecule has 1 aromatic rings. The Hall–Kier alpha value is -3.07. The quantitative estimate of drug-likeness (QED) is 0.288. The summed E-state index contributed by atoms with van der Waals surface area (Å²) < 4.78 is 0. The SMILES string of the molecule is C=C/C=C(\C=C1/CC=C(C(=C)N(CCC)CCC)CC(NC)=N1)c1ccc(CC(=C)C)cc1. The fourth-order valence-electron chi connectivity index (χ4n) is 4.02. The topological polar surface area (TPSA) is 27.6 Å². The van der Waals surface area contributed by atoms with Crippen molar-refractivity contribution in [2.45, 2.75) is 52.9 Å². The first-order valence-electron chi connectivity index (χ1n) is 12.1. The van der Waals surface area contributed by atoms with Crippen LogP contribution in [0.2, 0.25) is 0 Å². The predicted octanol–water partition coefficient (Wildman–Crippen LogP) is 7.23. The maximum absolute atomic E-state index is 4.95. The minimum absolute atomic E-state index is 0.771. The predicted molar refractivity (Wildman–Crippen MR) is 146 cm³/mol. The summed E-state index contributed by atoms with van der Waals surface area (Å²) in [6.07, 6.45) is 13.0. The van der Waals surface area contributed by atoms with Gasteiger partial charge in [0.05, 0.1) is 0 Å². The highest BCUT2D eigenvalue weighted by Crippen LogP contribution is 2.26. The van der Waals surface area contributed by atoms with Gasteiger partial charge in [-0.15, -0.1) is 0 Å². The van der Waals surface area contributed by atoms with Gasteiger partial charge in [0.25, 0.3) is 0 Å². The molecule has 0 aliphatic carbocycles. The Balaban J connectivity index is 2.34. The lowest BCUT2D eigenvalue weighted by atomic mass is 9.99. The smallest absolute Gasteiger partial charge is 0.106 e. The third-order valence-electron chi connectivity index (χ3n) is 5.63. The van der Waals surface area contributed by atoms with E-state index in [-0.39, 0.29) is 0 Å². The molecule has 3 nitrogen and oxygen atoms in total. The molecule has 33 heavy (non-hydrogen) atoms. The molecule has 0 bridgehead atoms.